The molecule has 0 aliphatic carbocycles. The third-order valence-corrected chi connectivity index (χ3v) is 3.47. The number of hydrogen-bond acceptors (Lipinski definition) is 2. The van der Waals surface area contributed by atoms with Gasteiger partial charge in [-0.2, -0.15) is 0 Å². The molecular weight excluding hydrogens is 222 g/mol. The highest BCUT2D eigenvalue weighted by molar-refractivity contribution is 5.34. The van der Waals surface area contributed by atoms with E-state index in [2.05, 4.69) is 44.3 Å². The average Bonchev–Trinajstić information content (AvgIpc) is 2.37. The van der Waals surface area contributed by atoms with Gasteiger partial charge in [0.25, 0.3) is 0 Å². The molecule has 2 nitrogen and oxygen atoms in total. The van der Waals surface area contributed by atoms with E-state index >= 15 is 0 Å². The molecule has 0 spiro atoms. The molecule has 2 heteroatoms. The predicted molar refractivity (Wildman–Crippen MR) is 78.3 cm³/mol. The molecule has 0 aliphatic heterocycles. The van der Waals surface area contributed by atoms with Gasteiger partial charge in [0.15, 0.2) is 0 Å². The van der Waals surface area contributed by atoms with Gasteiger partial charge in [0, 0.05) is 6.54 Å². The minimum Gasteiger partial charge on any atom is -0.496 e. The van der Waals surface area contributed by atoms with Crippen molar-refractivity contribution in [2.24, 2.45) is 5.41 Å². The van der Waals surface area contributed by atoms with Crippen molar-refractivity contribution in [3.63, 3.8) is 0 Å². The van der Waals surface area contributed by atoms with Crippen molar-refractivity contribution >= 4 is 0 Å². The standard InChI is InChI=1S/C16H27NO/c1-5-11-16(3,13-17-6-2)12-14-9-7-8-10-15(14)18-4/h7-10,17H,5-6,11-13H2,1-4H3. The Morgan fingerprint density at radius 1 is 1.22 bits per heavy atom. The fourth-order valence-electron chi connectivity index (χ4n) is 2.58. The molecule has 1 rings (SSSR count). The van der Waals surface area contributed by atoms with Crippen LogP contribution >= 0.6 is 0 Å². The van der Waals surface area contributed by atoms with Crippen LogP contribution in [0.1, 0.15) is 39.2 Å². The van der Waals surface area contributed by atoms with Crippen LogP contribution in [0.5, 0.6) is 5.75 Å². The van der Waals surface area contributed by atoms with E-state index in [0.717, 1.165) is 25.3 Å². The third kappa shape index (κ3) is 4.34. The molecule has 1 aromatic carbocycles. The minimum absolute atomic E-state index is 0.305. The summed E-state index contributed by atoms with van der Waals surface area (Å²) >= 11 is 0. The molecule has 0 aliphatic rings. The number of benzene rings is 1. The smallest absolute Gasteiger partial charge is 0.122 e. The Balaban J connectivity index is 2.81. The van der Waals surface area contributed by atoms with Gasteiger partial charge < -0.3 is 10.1 Å². The fraction of sp³-hybridized carbons (Fsp3) is 0.625. The SMILES string of the molecule is CCCC(C)(CNCC)Cc1ccccc1OC. The average molecular weight is 249 g/mol. The molecule has 1 atom stereocenters. The van der Waals surface area contributed by atoms with Crippen LogP contribution in [0, 0.1) is 5.41 Å². The molecule has 0 aromatic heterocycles. The maximum absolute atomic E-state index is 5.45. The predicted octanol–water partition coefficient (Wildman–Crippen LogP) is 3.65. The number of methoxy groups -OCH3 is 1. The van der Waals surface area contributed by atoms with E-state index in [9.17, 15) is 0 Å². The highest BCUT2D eigenvalue weighted by Gasteiger charge is 2.24. The zero-order chi connectivity index (χ0) is 13.4. The summed E-state index contributed by atoms with van der Waals surface area (Å²) in [6.45, 7) is 8.88. The van der Waals surface area contributed by atoms with E-state index in [1.165, 1.54) is 18.4 Å². The summed E-state index contributed by atoms with van der Waals surface area (Å²) in [5.74, 6) is 1.01. The summed E-state index contributed by atoms with van der Waals surface area (Å²) in [5, 5.41) is 3.49. The van der Waals surface area contributed by atoms with Crippen molar-refractivity contribution in [3.05, 3.63) is 29.8 Å². The maximum Gasteiger partial charge on any atom is 0.122 e. The van der Waals surface area contributed by atoms with Crippen LogP contribution in [0.15, 0.2) is 24.3 Å². The van der Waals surface area contributed by atoms with Crippen LogP contribution in [0.4, 0.5) is 0 Å². The number of ether oxygens (including phenoxy) is 1. The van der Waals surface area contributed by atoms with E-state index in [4.69, 9.17) is 4.74 Å². The second-order valence-corrected chi connectivity index (χ2v) is 5.33. The molecule has 0 bridgehead atoms. The molecule has 0 fully saturated rings. The highest BCUT2D eigenvalue weighted by atomic mass is 16.5. The third-order valence-electron chi connectivity index (χ3n) is 3.47. The Morgan fingerprint density at radius 2 is 1.94 bits per heavy atom. The van der Waals surface area contributed by atoms with E-state index in [1.54, 1.807) is 7.11 Å². The number of nitrogens with one attached hydrogen (secondary N) is 1. The summed E-state index contributed by atoms with van der Waals surface area (Å²) in [7, 11) is 1.75. The quantitative estimate of drug-likeness (QED) is 0.759. The maximum atomic E-state index is 5.45. The molecular formula is C16H27NO. The first-order chi connectivity index (χ1) is 8.65. The molecule has 0 saturated heterocycles. The summed E-state index contributed by atoms with van der Waals surface area (Å²) in [6.07, 6.45) is 3.52. The lowest BCUT2D eigenvalue weighted by molar-refractivity contribution is 0.273. The molecule has 18 heavy (non-hydrogen) atoms. The van der Waals surface area contributed by atoms with Crippen molar-refractivity contribution in [2.75, 3.05) is 20.2 Å². The van der Waals surface area contributed by atoms with Crippen molar-refractivity contribution < 1.29 is 4.74 Å². The van der Waals surface area contributed by atoms with Gasteiger partial charge in [-0.25, -0.2) is 0 Å². The van der Waals surface area contributed by atoms with Gasteiger partial charge in [0.05, 0.1) is 7.11 Å². The molecule has 0 saturated carbocycles. The second-order valence-electron chi connectivity index (χ2n) is 5.33. The molecule has 0 amide bonds. The van der Waals surface area contributed by atoms with Gasteiger partial charge in [-0.3, -0.25) is 0 Å². The number of rotatable bonds is 8. The lowest BCUT2D eigenvalue weighted by Crippen LogP contribution is -2.33. The van der Waals surface area contributed by atoms with Gasteiger partial charge >= 0.3 is 0 Å². The van der Waals surface area contributed by atoms with E-state index in [-0.39, 0.29) is 0 Å². The number of hydrogen-bond donors (Lipinski definition) is 1. The molecule has 0 heterocycles. The lowest BCUT2D eigenvalue weighted by Gasteiger charge is -2.30. The topological polar surface area (TPSA) is 21.3 Å². The van der Waals surface area contributed by atoms with E-state index in [0.29, 0.717) is 5.41 Å². The summed E-state index contributed by atoms with van der Waals surface area (Å²) in [5.41, 5.74) is 1.62. The monoisotopic (exact) mass is 249 g/mol. The first kappa shape index (κ1) is 15.0. The van der Waals surface area contributed by atoms with Crippen LogP contribution in [0.25, 0.3) is 0 Å². The second kappa shape index (κ2) is 7.42. The van der Waals surface area contributed by atoms with Crippen molar-refractivity contribution in [1.82, 2.24) is 5.32 Å². The molecule has 1 aromatic rings. The van der Waals surface area contributed by atoms with Crippen LogP contribution in [-0.2, 0) is 6.42 Å². The van der Waals surface area contributed by atoms with Crippen molar-refractivity contribution in [1.29, 1.82) is 0 Å². The van der Waals surface area contributed by atoms with Crippen LogP contribution < -0.4 is 10.1 Å². The van der Waals surface area contributed by atoms with Gasteiger partial charge in [-0.05, 0) is 36.4 Å². The Bertz CT molecular complexity index is 351. The molecule has 0 radical (unpaired) electrons. The zero-order valence-corrected chi connectivity index (χ0v) is 12.3. The van der Waals surface area contributed by atoms with Crippen molar-refractivity contribution in [2.45, 2.75) is 40.0 Å². The molecule has 1 unspecified atom stereocenters. The summed E-state index contributed by atoms with van der Waals surface area (Å²) in [6, 6.07) is 8.36. The lowest BCUT2D eigenvalue weighted by atomic mass is 9.79. The summed E-state index contributed by atoms with van der Waals surface area (Å²) < 4.78 is 5.45. The Hall–Kier alpha value is -1.02. The molecule has 102 valence electrons. The Morgan fingerprint density at radius 3 is 2.56 bits per heavy atom. The zero-order valence-electron chi connectivity index (χ0n) is 12.3. The number of para-hydroxylation sites is 1. The Labute approximate surface area is 112 Å². The van der Waals surface area contributed by atoms with Crippen LogP contribution in [0.2, 0.25) is 0 Å². The van der Waals surface area contributed by atoms with Gasteiger partial charge in [-0.1, -0.05) is 45.4 Å². The van der Waals surface area contributed by atoms with Crippen LogP contribution in [-0.4, -0.2) is 20.2 Å². The van der Waals surface area contributed by atoms with Crippen molar-refractivity contribution in [3.8, 4) is 5.75 Å². The largest absolute Gasteiger partial charge is 0.496 e. The molecule has 1 N–H and O–H groups in total. The minimum atomic E-state index is 0.305. The normalized spacial score (nSPS) is 14.2. The first-order valence-electron chi connectivity index (χ1n) is 6.98. The van der Waals surface area contributed by atoms with Crippen LogP contribution in [0.3, 0.4) is 0 Å². The fourth-order valence-corrected chi connectivity index (χ4v) is 2.58. The Kier molecular flexibility index (Phi) is 6.20. The van der Waals surface area contributed by atoms with Gasteiger partial charge in [0.1, 0.15) is 5.75 Å². The van der Waals surface area contributed by atoms with Gasteiger partial charge in [0.2, 0.25) is 0 Å². The van der Waals surface area contributed by atoms with Gasteiger partial charge in [-0.15, -0.1) is 0 Å². The summed E-state index contributed by atoms with van der Waals surface area (Å²) in [4.78, 5) is 0. The highest BCUT2D eigenvalue weighted by Crippen LogP contribution is 2.31. The first-order valence-corrected chi connectivity index (χ1v) is 6.98. The van der Waals surface area contributed by atoms with E-state index < -0.39 is 0 Å². The van der Waals surface area contributed by atoms with E-state index in [1.807, 2.05) is 6.07 Å².